The number of aliphatic hydroxyl groups excluding tert-OH is 1. The Labute approximate surface area is 484 Å². The predicted molar refractivity (Wildman–Crippen MR) is 311 cm³/mol. The highest BCUT2D eigenvalue weighted by atomic mass is 35.5. The van der Waals surface area contributed by atoms with Crippen LogP contribution < -0.4 is 71.2 Å². The number of nitrogen functional groups attached to an aromatic ring is 1. The second kappa shape index (κ2) is 34.6. The number of unbranched alkanes of at least 4 members (excludes halogenated alkanes) is 1. The van der Waals surface area contributed by atoms with Crippen LogP contribution in [-0.4, -0.2) is 165 Å². The summed E-state index contributed by atoms with van der Waals surface area (Å²) in [7, 11) is -1.33. The summed E-state index contributed by atoms with van der Waals surface area (Å²) in [5.41, 5.74) is 28.8. The van der Waals surface area contributed by atoms with Crippen molar-refractivity contribution in [1.29, 1.82) is 0 Å². The Morgan fingerprint density at radius 1 is 0.825 bits per heavy atom. The molecule has 31 heteroatoms. The highest BCUT2D eigenvalue weighted by Gasteiger charge is 2.34. The molecule has 19 N–H and O–H groups in total. The maximum absolute atomic E-state index is 14.0. The number of nitrogens with zero attached hydrogens (tertiary/aromatic N) is 4. The van der Waals surface area contributed by atoms with Crippen LogP contribution in [0, 0.1) is 12.8 Å². The molecule has 0 aliphatic carbocycles. The van der Waals surface area contributed by atoms with Gasteiger partial charge in [-0.15, -0.1) is 34.0 Å². The van der Waals surface area contributed by atoms with Crippen LogP contribution in [0.15, 0.2) is 22.9 Å². The number of nitrogens with two attached hydrogens (primary N) is 5. The summed E-state index contributed by atoms with van der Waals surface area (Å²) in [4.78, 5) is 110. The SMILES string of the molecule is Cc1c(N)nc([C@H](CC(N)=O)NC[C@H](N)C(N)=O)nc1C(=O)N[C@@H](Cc1cccs1)C(=O)N[C@H](C)[C@@H](O)[C@H](C)C(=O)N[C@@H](CCS(C)=O)C(=O)NCCc1nc(-c2nc(C(=O)NCCCNCCCCNCCCN)cs2)c(Cl)s1. The summed E-state index contributed by atoms with van der Waals surface area (Å²) in [5.74, 6) is -6.14. The fraction of sp³-hybridized carbons (Fsp3) is 0.571. The minimum Gasteiger partial charge on any atom is -0.390 e. The van der Waals surface area contributed by atoms with E-state index in [1.165, 1.54) is 61.0 Å². The van der Waals surface area contributed by atoms with Crippen molar-refractivity contribution >= 4 is 104 Å². The summed E-state index contributed by atoms with van der Waals surface area (Å²) >= 11 is 10.3. The lowest BCUT2D eigenvalue weighted by atomic mass is 9.97. The molecule has 4 heterocycles. The predicted octanol–water partition coefficient (Wildman–Crippen LogP) is -1.14. The molecule has 8 atom stereocenters. The summed E-state index contributed by atoms with van der Waals surface area (Å²) in [6.45, 7) is 8.99. The lowest BCUT2D eigenvalue weighted by Crippen LogP contribution is -2.56. The largest absolute Gasteiger partial charge is 0.390 e. The highest BCUT2D eigenvalue weighted by Crippen LogP contribution is 2.34. The van der Waals surface area contributed by atoms with Gasteiger partial charge in [-0.3, -0.25) is 37.8 Å². The van der Waals surface area contributed by atoms with E-state index in [-0.39, 0.29) is 79.0 Å². The van der Waals surface area contributed by atoms with E-state index in [2.05, 4.69) is 62.5 Å². The van der Waals surface area contributed by atoms with Crippen molar-refractivity contribution < 1.29 is 42.9 Å². The summed E-state index contributed by atoms with van der Waals surface area (Å²) < 4.78 is 12.5. The van der Waals surface area contributed by atoms with E-state index in [0.717, 1.165) is 51.9 Å². The van der Waals surface area contributed by atoms with Gasteiger partial charge in [-0.2, -0.15) is 0 Å². The lowest BCUT2D eigenvalue weighted by Gasteiger charge is -2.28. The first kappa shape index (κ1) is 66.8. The Bertz CT molecular complexity index is 2700. The molecular formula is C49H76ClN17O9S4. The zero-order chi connectivity index (χ0) is 58.9. The number of carbonyl (C=O) groups is 7. The van der Waals surface area contributed by atoms with Crippen LogP contribution >= 0.6 is 45.6 Å². The molecule has 7 amide bonds. The number of aromatic nitrogens is 4. The fourth-order valence-electron chi connectivity index (χ4n) is 7.64. The molecule has 1 unspecified atom stereocenters. The van der Waals surface area contributed by atoms with Crippen LogP contribution in [-0.2, 0) is 47.6 Å². The molecule has 0 spiro atoms. The Morgan fingerprint density at radius 2 is 1.52 bits per heavy atom. The number of nitrogens with one attached hydrogen (secondary N) is 8. The zero-order valence-electron chi connectivity index (χ0n) is 45.3. The number of halogens is 1. The Kier molecular flexibility index (Phi) is 28.9. The first-order valence-corrected chi connectivity index (χ1v) is 30.7. The molecular weight excluding hydrogens is 1130 g/mol. The van der Waals surface area contributed by atoms with Gasteiger partial charge in [-0.25, -0.2) is 19.9 Å². The number of primary amides is 2. The van der Waals surface area contributed by atoms with Gasteiger partial charge < -0.3 is 76.3 Å². The Hall–Kier alpha value is -5.67. The minimum atomic E-state index is -1.51. The fourth-order valence-corrected chi connectivity index (χ4v) is 11.1. The number of thiazole rings is 2. The number of hydrogen-bond donors (Lipinski definition) is 14. The van der Waals surface area contributed by atoms with Crippen molar-refractivity contribution in [3.05, 3.63) is 59.9 Å². The van der Waals surface area contributed by atoms with Gasteiger partial charge in [0.25, 0.3) is 11.8 Å². The normalized spacial score (nSPS) is 14.4. The lowest BCUT2D eigenvalue weighted by molar-refractivity contribution is -0.134. The summed E-state index contributed by atoms with van der Waals surface area (Å²) in [5, 5.41) is 39.2. The van der Waals surface area contributed by atoms with Crippen LogP contribution in [0.2, 0.25) is 4.34 Å². The van der Waals surface area contributed by atoms with Crippen molar-refractivity contribution in [2.75, 3.05) is 70.1 Å². The molecule has 4 aromatic rings. The third-order valence-corrected chi connectivity index (χ3v) is 16.2. The molecule has 0 aromatic carbocycles. The third kappa shape index (κ3) is 22.3. The van der Waals surface area contributed by atoms with Gasteiger partial charge in [0, 0.05) is 77.5 Å². The molecule has 4 aromatic heterocycles. The average Bonchev–Trinajstić information content (AvgIpc) is 4.26. The maximum atomic E-state index is 14.0. The average molecular weight is 1210 g/mol. The van der Waals surface area contributed by atoms with Gasteiger partial charge in [-0.1, -0.05) is 24.6 Å². The van der Waals surface area contributed by atoms with Crippen molar-refractivity contribution in [3.63, 3.8) is 0 Å². The van der Waals surface area contributed by atoms with Crippen molar-refractivity contribution in [3.8, 4) is 10.7 Å². The second-order valence-electron chi connectivity index (χ2n) is 18.9. The molecule has 0 aliphatic rings. The molecule has 0 bridgehead atoms. The number of amides is 7. The zero-order valence-corrected chi connectivity index (χ0v) is 49.3. The van der Waals surface area contributed by atoms with E-state index in [1.807, 2.05) is 0 Å². The molecule has 0 aliphatic heterocycles. The summed E-state index contributed by atoms with van der Waals surface area (Å²) in [6.07, 6.45) is 3.70. The van der Waals surface area contributed by atoms with Crippen LogP contribution in [0.4, 0.5) is 5.82 Å². The van der Waals surface area contributed by atoms with Gasteiger partial charge in [0.05, 0.1) is 35.2 Å². The number of anilines is 1. The van der Waals surface area contributed by atoms with Crippen LogP contribution in [0.3, 0.4) is 0 Å². The van der Waals surface area contributed by atoms with E-state index >= 15 is 0 Å². The molecule has 0 fully saturated rings. The van der Waals surface area contributed by atoms with Crippen molar-refractivity contribution in [1.82, 2.24) is 62.5 Å². The van der Waals surface area contributed by atoms with E-state index < -0.39 is 88.5 Å². The smallest absolute Gasteiger partial charge is 0.271 e. The molecule has 4 rings (SSSR count). The second-order valence-corrected chi connectivity index (χ2v) is 24.0. The van der Waals surface area contributed by atoms with E-state index in [1.54, 1.807) is 22.9 Å². The van der Waals surface area contributed by atoms with E-state index in [4.69, 9.17) is 40.3 Å². The molecule has 442 valence electrons. The van der Waals surface area contributed by atoms with Gasteiger partial charge in [-0.05, 0) is 90.1 Å². The molecule has 80 heavy (non-hydrogen) atoms. The highest BCUT2D eigenvalue weighted by molar-refractivity contribution is 7.84. The van der Waals surface area contributed by atoms with Crippen LogP contribution in [0.25, 0.3) is 10.7 Å². The van der Waals surface area contributed by atoms with Gasteiger partial charge >= 0.3 is 0 Å². The Balaban J connectivity index is 1.33. The van der Waals surface area contributed by atoms with Crippen LogP contribution in [0.5, 0.6) is 0 Å². The monoisotopic (exact) mass is 1210 g/mol. The molecule has 0 saturated carbocycles. The number of rotatable bonds is 38. The molecule has 26 nitrogen and oxygen atoms in total. The molecule has 0 radical (unpaired) electrons. The van der Waals surface area contributed by atoms with Crippen LogP contribution in [0.1, 0.15) is 101 Å². The third-order valence-electron chi connectivity index (χ3n) is 12.4. The number of hydrogen-bond acceptors (Lipinski definition) is 22. The first-order valence-electron chi connectivity index (χ1n) is 26.0. The quantitative estimate of drug-likeness (QED) is 0.0236. The minimum absolute atomic E-state index is 0.00330. The van der Waals surface area contributed by atoms with Gasteiger partial charge in [0.15, 0.2) is 0 Å². The number of carbonyl (C=O) groups excluding carboxylic acids is 7. The van der Waals surface area contributed by atoms with Gasteiger partial charge in [0.1, 0.15) is 50.2 Å². The number of aliphatic hydroxyl groups is 1. The van der Waals surface area contributed by atoms with Gasteiger partial charge in [0.2, 0.25) is 29.5 Å². The first-order chi connectivity index (χ1) is 38.1. The molecule has 0 saturated heterocycles. The van der Waals surface area contributed by atoms with Crippen molar-refractivity contribution in [2.45, 2.75) is 108 Å². The van der Waals surface area contributed by atoms with E-state index in [9.17, 15) is 42.9 Å². The topological polar surface area (TPSA) is 435 Å². The number of thiophene rings is 1. The van der Waals surface area contributed by atoms with E-state index in [0.29, 0.717) is 38.0 Å². The maximum Gasteiger partial charge on any atom is 0.271 e. The Morgan fingerprint density at radius 3 is 2.17 bits per heavy atom. The summed E-state index contributed by atoms with van der Waals surface area (Å²) in [6, 6.07) is -2.16. The van der Waals surface area contributed by atoms with Crippen molar-refractivity contribution in [2.24, 2.45) is 28.9 Å². The standard InChI is InChI=1S/C49H76ClN17O9S4/c1-26-37(66-43(67-41(26)54)32(23-35(53)68)60-24-30(52)42(55)70)48(75)63-33(22-29-10-7-20-77-29)47(74)61-28(3)39(69)27(2)44(71)62-31(12-21-80(4)76)45(72)59-19-11-36-65-38(40(50)79-36)49-64-34(25-78-49)46(73)58-18-9-17-57-15-6-5-14-56-16-8-13-51/h7,10,20,25,27-28,30-33,39,56-57,60,69H,5-6,8-9,11-19,21-24,51-52H2,1-4H3,(H2,53,68)(H2,55,70)(H,58,73)(H,59,72)(H,61,74)(H,62,71)(H,63,75)(H2,54,66,67)/t27-,28+,30-,31-,32-,33-,39-,80?/m0/s1.